The van der Waals surface area contributed by atoms with Crippen molar-refractivity contribution in [2.45, 2.75) is 25.8 Å². The van der Waals surface area contributed by atoms with Crippen LogP contribution in [0.5, 0.6) is 0 Å². The van der Waals surface area contributed by atoms with Gasteiger partial charge in [-0.1, -0.05) is 36.4 Å². The summed E-state index contributed by atoms with van der Waals surface area (Å²) in [5, 5.41) is 2.03. The Kier molecular flexibility index (Phi) is 5.47. The molecule has 2 heterocycles. The van der Waals surface area contributed by atoms with Crippen molar-refractivity contribution in [3.05, 3.63) is 58.3 Å². The second kappa shape index (κ2) is 7.75. The SMILES string of the molecule is CC1CN(C(=O)Cc2cccs2)CCN1CCc1ccccc1. The molecule has 1 aliphatic heterocycles. The molecule has 0 N–H and O–H groups in total. The minimum atomic E-state index is 0.266. The normalized spacial score (nSPS) is 19.0. The summed E-state index contributed by atoms with van der Waals surface area (Å²) in [6, 6.07) is 15.1. The van der Waals surface area contributed by atoms with Crippen molar-refractivity contribution >= 4 is 17.2 Å². The van der Waals surface area contributed by atoms with Gasteiger partial charge >= 0.3 is 0 Å². The molecule has 1 unspecified atom stereocenters. The summed E-state index contributed by atoms with van der Waals surface area (Å²) < 4.78 is 0. The van der Waals surface area contributed by atoms with Crippen molar-refractivity contribution in [3.8, 4) is 0 Å². The van der Waals surface area contributed by atoms with E-state index in [4.69, 9.17) is 0 Å². The van der Waals surface area contributed by atoms with E-state index in [0.717, 1.165) is 37.5 Å². The van der Waals surface area contributed by atoms with Crippen molar-refractivity contribution < 1.29 is 4.79 Å². The van der Waals surface area contributed by atoms with Crippen LogP contribution in [0, 0.1) is 0 Å². The van der Waals surface area contributed by atoms with Crippen LogP contribution < -0.4 is 0 Å². The van der Waals surface area contributed by atoms with E-state index in [9.17, 15) is 4.79 Å². The fourth-order valence-electron chi connectivity index (χ4n) is 3.15. The number of carbonyl (C=O) groups is 1. The first-order valence-corrected chi connectivity index (χ1v) is 9.18. The van der Waals surface area contributed by atoms with E-state index >= 15 is 0 Å². The molecule has 2 aromatic rings. The summed E-state index contributed by atoms with van der Waals surface area (Å²) >= 11 is 1.66. The molecule has 0 spiro atoms. The number of nitrogens with zero attached hydrogens (tertiary/aromatic N) is 2. The number of carbonyl (C=O) groups excluding carboxylic acids is 1. The largest absolute Gasteiger partial charge is 0.340 e. The Morgan fingerprint density at radius 3 is 2.70 bits per heavy atom. The highest BCUT2D eigenvalue weighted by Crippen LogP contribution is 2.15. The van der Waals surface area contributed by atoms with E-state index in [1.54, 1.807) is 11.3 Å². The third kappa shape index (κ3) is 4.43. The average molecular weight is 328 g/mol. The molecule has 0 saturated carbocycles. The molecule has 23 heavy (non-hydrogen) atoms. The zero-order valence-electron chi connectivity index (χ0n) is 13.6. The molecule has 1 fully saturated rings. The number of amides is 1. The van der Waals surface area contributed by atoms with Gasteiger partial charge in [0.1, 0.15) is 0 Å². The Labute approximate surface area is 142 Å². The molecular formula is C19H24N2OS. The van der Waals surface area contributed by atoms with Crippen LogP contribution in [-0.4, -0.2) is 47.9 Å². The number of hydrogen-bond acceptors (Lipinski definition) is 3. The molecule has 0 bridgehead atoms. The highest BCUT2D eigenvalue weighted by atomic mass is 32.1. The summed E-state index contributed by atoms with van der Waals surface area (Å²) in [4.78, 5) is 18.1. The van der Waals surface area contributed by atoms with E-state index in [-0.39, 0.29) is 5.91 Å². The standard InChI is InChI=1S/C19H24N2OS/c1-16-15-21(19(22)14-18-8-5-13-23-18)12-11-20(16)10-9-17-6-3-2-4-7-17/h2-8,13,16H,9-12,14-15H2,1H3. The highest BCUT2D eigenvalue weighted by molar-refractivity contribution is 7.10. The van der Waals surface area contributed by atoms with Gasteiger partial charge in [-0.15, -0.1) is 11.3 Å². The fraction of sp³-hybridized carbons (Fsp3) is 0.421. The minimum Gasteiger partial charge on any atom is -0.340 e. The predicted molar refractivity (Wildman–Crippen MR) is 95.8 cm³/mol. The van der Waals surface area contributed by atoms with Gasteiger partial charge in [-0.2, -0.15) is 0 Å². The first-order valence-electron chi connectivity index (χ1n) is 8.30. The van der Waals surface area contributed by atoms with Gasteiger partial charge < -0.3 is 4.90 Å². The van der Waals surface area contributed by atoms with Crippen LogP contribution in [0.1, 0.15) is 17.4 Å². The summed E-state index contributed by atoms with van der Waals surface area (Å²) in [5.41, 5.74) is 1.39. The molecule has 0 aliphatic carbocycles. The lowest BCUT2D eigenvalue weighted by Crippen LogP contribution is -2.54. The third-order valence-corrected chi connectivity index (χ3v) is 5.43. The summed E-state index contributed by atoms with van der Waals surface area (Å²) in [6.45, 7) is 5.97. The maximum absolute atomic E-state index is 12.4. The molecule has 0 radical (unpaired) electrons. The summed E-state index contributed by atoms with van der Waals surface area (Å²) in [7, 11) is 0. The number of piperazine rings is 1. The quantitative estimate of drug-likeness (QED) is 0.842. The Morgan fingerprint density at radius 1 is 1.17 bits per heavy atom. The van der Waals surface area contributed by atoms with Gasteiger partial charge in [0, 0.05) is 37.1 Å². The molecule has 1 aromatic carbocycles. The smallest absolute Gasteiger partial charge is 0.227 e. The van der Waals surface area contributed by atoms with Crippen molar-refractivity contribution in [1.82, 2.24) is 9.80 Å². The first kappa shape index (κ1) is 16.2. The van der Waals surface area contributed by atoms with Crippen molar-refractivity contribution in [2.75, 3.05) is 26.2 Å². The number of thiophene rings is 1. The molecule has 1 aliphatic rings. The van der Waals surface area contributed by atoms with Crippen molar-refractivity contribution in [3.63, 3.8) is 0 Å². The summed E-state index contributed by atoms with van der Waals surface area (Å²) in [5.74, 6) is 0.266. The Balaban J connectivity index is 1.48. The highest BCUT2D eigenvalue weighted by Gasteiger charge is 2.26. The van der Waals surface area contributed by atoms with Crippen LogP contribution in [0.2, 0.25) is 0 Å². The topological polar surface area (TPSA) is 23.6 Å². The lowest BCUT2D eigenvalue weighted by molar-refractivity contribution is -0.133. The van der Waals surface area contributed by atoms with Crippen LogP contribution in [-0.2, 0) is 17.6 Å². The maximum Gasteiger partial charge on any atom is 0.227 e. The van der Waals surface area contributed by atoms with E-state index in [0.29, 0.717) is 12.5 Å². The van der Waals surface area contributed by atoms with Gasteiger partial charge in [-0.25, -0.2) is 0 Å². The average Bonchev–Trinajstić information content (AvgIpc) is 3.07. The molecule has 4 heteroatoms. The zero-order chi connectivity index (χ0) is 16.1. The Morgan fingerprint density at radius 2 is 2.00 bits per heavy atom. The van der Waals surface area contributed by atoms with Crippen LogP contribution in [0.4, 0.5) is 0 Å². The minimum absolute atomic E-state index is 0.266. The van der Waals surface area contributed by atoms with Crippen LogP contribution >= 0.6 is 11.3 Å². The van der Waals surface area contributed by atoms with E-state index in [2.05, 4.69) is 42.2 Å². The van der Waals surface area contributed by atoms with E-state index < -0.39 is 0 Å². The summed E-state index contributed by atoms with van der Waals surface area (Å²) in [6.07, 6.45) is 1.63. The monoisotopic (exact) mass is 328 g/mol. The van der Waals surface area contributed by atoms with Gasteiger partial charge in [0.15, 0.2) is 0 Å². The fourth-order valence-corrected chi connectivity index (χ4v) is 3.84. The Hall–Kier alpha value is -1.65. The third-order valence-electron chi connectivity index (χ3n) is 4.55. The molecule has 1 aromatic heterocycles. The molecular weight excluding hydrogens is 304 g/mol. The van der Waals surface area contributed by atoms with E-state index in [1.807, 2.05) is 22.4 Å². The van der Waals surface area contributed by atoms with E-state index in [1.165, 1.54) is 5.56 Å². The van der Waals surface area contributed by atoms with Gasteiger partial charge in [0.2, 0.25) is 5.91 Å². The number of benzene rings is 1. The van der Waals surface area contributed by atoms with Gasteiger partial charge in [-0.3, -0.25) is 9.69 Å². The number of hydrogen-bond donors (Lipinski definition) is 0. The predicted octanol–water partition coefficient (Wildman–Crippen LogP) is 3.07. The van der Waals surface area contributed by atoms with Gasteiger partial charge in [-0.05, 0) is 30.4 Å². The number of rotatable bonds is 5. The maximum atomic E-state index is 12.4. The molecule has 1 atom stereocenters. The second-order valence-corrected chi connectivity index (χ2v) is 7.25. The van der Waals surface area contributed by atoms with Crippen LogP contribution in [0.15, 0.2) is 47.8 Å². The zero-order valence-corrected chi connectivity index (χ0v) is 14.5. The molecule has 1 amide bonds. The lowest BCUT2D eigenvalue weighted by Gasteiger charge is -2.40. The molecule has 3 nitrogen and oxygen atoms in total. The van der Waals surface area contributed by atoms with Gasteiger partial charge in [0.05, 0.1) is 6.42 Å². The van der Waals surface area contributed by atoms with Crippen LogP contribution in [0.25, 0.3) is 0 Å². The lowest BCUT2D eigenvalue weighted by atomic mass is 10.1. The van der Waals surface area contributed by atoms with Crippen molar-refractivity contribution in [2.24, 2.45) is 0 Å². The molecule has 3 rings (SSSR count). The second-order valence-electron chi connectivity index (χ2n) is 6.22. The molecule has 122 valence electrons. The van der Waals surface area contributed by atoms with Crippen LogP contribution in [0.3, 0.4) is 0 Å². The van der Waals surface area contributed by atoms with Gasteiger partial charge in [0.25, 0.3) is 0 Å². The molecule has 1 saturated heterocycles. The van der Waals surface area contributed by atoms with Crippen molar-refractivity contribution in [1.29, 1.82) is 0 Å². The first-order chi connectivity index (χ1) is 11.2. The Bertz CT molecular complexity index is 612.